The molecule has 0 spiro atoms. The topological polar surface area (TPSA) is 38.0 Å². The van der Waals surface area contributed by atoms with Crippen LogP contribution in [0.1, 0.15) is 6.92 Å². The van der Waals surface area contributed by atoms with Crippen LogP contribution in [0.2, 0.25) is 0 Å². The van der Waals surface area contributed by atoms with Crippen molar-refractivity contribution in [1.82, 2.24) is 9.55 Å². The van der Waals surface area contributed by atoms with Crippen molar-refractivity contribution < 1.29 is 9.50 Å². The highest BCUT2D eigenvalue weighted by Gasteiger charge is 1.98. The molecule has 0 aliphatic carbocycles. The maximum absolute atomic E-state index is 12.2. The normalized spacial score (nSPS) is 13.5. The number of aliphatic hydroxyl groups is 1. The summed E-state index contributed by atoms with van der Waals surface area (Å²) >= 11 is 0. The molecule has 1 aromatic heterocycles. The molecule has 1 aromatic rings. The SMILES string of the molecule is CC(O)Cn1cnc(F)c1. The fourth-order valence-corrected chi connectivity index (χ4v) is 0.738. The lowest BCUT2D eigenvalue weighted by molar-refractivity contribution is 0.173. The van der Waals surface area contributed by atoms with Crippen LogP contribution in [0.4, 0.5) is 4.39 Å². The number of halogens is 1. The number of aliphatic hydroxyl groups excluding tert-OH is 1. The maximum atomic E-state index is 12.2. The van der Waals surface area contributed by atoms with Gasteiger partial charge in [0.15, 0.2) is 0 Å². The highest BCUT2D eigenvalue weighted by atomic mass is 19.1. The van der Waals surface area contributed by atoms with Crippen LogP contribution in [0.15, 0.2) is 12.5 Å². The van der Waals surface area contributed by atoms with E-state index in [1.54, 1.807) is 6.92 Å². The number of hydrogen-bond donors (Lipinski definition) is 1. The van der Waals surface area contributed by atoms with E-state index in [0.717, 1.165) is 0 Å². The molecule has 3 nitrogen and oxygen atoms in total. The second-order valence-corrected chi connectivity index (χ2v) is 2.24. The van der Waals surface area contributed by atoms with E-state index in [0.29, 0.717) is 6.54 Å². The van der Waals surface area contributed by atoms with E-state index in [9.17, 15) is 4.39 Å². The summed E-state index contributed by atoms with van der Waals surface area (Å²) in [7, 11) is 0. The first-order valence-electron chi connectivity index (χ1n) is 3.04. The first-order chi connectivity index (χ1) is 4.68. The van der Waals surface area contributed by atoms with Gasteiger partial charge < -0.3 is 9.67 Å². The van der Waals surface area contributed by atoms with Gasteiger partial charge >= 0.3 is 0 Å². The standard InChI is InChI=1S/C6H9FN2O/c1-5(10)2-9-3-6(7)8-4-9/h3-5,10H,2H2,1H3. The average Bonchev–Trinajstić information content (AvgIpc) is 2.13. The highest BCUT2D eigenvalue weighted by Crippen LogP contribution is 1.94. The van der Waals surface area contributed by atoms with Crippen molar-refractivity contribution in [2.75, 3.05) is 0 Å². The Morgan fingerprint density at radius 3 is 3.00 bits per heavy atom. The molecule has 0 saturated carbocycles. The Morgan fingerprint density at radius 1 is 1.90 bits per heavy atom. The van der Waals surface area contributed by atoms with Gasteiger partial charge in [-0.15, -0.1) is 0 Å². The minimum atomic E-state index is -0.513. The van der Waals surface area contributed by atoms with Gasteiger partial charge in [-0.1, -0.05) is 0 Å². The van der Waals surface area contributed by atoms with Gasteiger partial charge in [0, 0.05) is 6.54 Å². The van der Waals surface area contributed by atoms with Crippen molar-refractivity contribution >= 4 is 0 Å². The summed E-state index contributed by atoms with van der Waals surface area (Å²) in [6.45, 7) is 2.02. The van der Waals surface area contributed by atoms with E-state index in [4.69, 9.17) is 5.11 Å². The fraction of sp³-hybridized carbons (Fsp3) is 0.500. The largest absolute Gasteiger partial charge is 0.392 e. The van der Waals surface area contributed by atoms with Crippen molar-refractivity contribution in [2.24, 2.45) is 0 Å². The van der Waals surface area contributed by atoms with E-state index in [1.807, 2.05) is 0 Å². The molecule has 0 radical (unpaired) electrons. The van der Waals surface area contributed by atoms with Crippen molar-refractivity contribution in [3.05, 3.63) is 18.5 Å². The summed E-state index contributed by atoms with van der Waals surface area (Å²) in [6.07, 6.45) is 2.13. The van der Waals surface area contributed by atoms with Crippen LogP contribution < -0.4 is 0 Å². The van der Waals surface area contributed by atoms with Crippen LogP contribution in [0.25, 0.3) is 0 Å². The molecule has 1 heterocycles. The molecule has 0 aromatic carbocycles. The fourth-order valence-electron chi connectivity index (χ4n) is 0.738. The van der Waals surface area contributed by atoms with Crippen LogP contribution in [0.5, 0.6) is 0 Å². The third kappa shape index (κ3) is 1.80. The molecule has 1 N–H and O–H groups in total. The van der Waals surface area contributed by atoms with Gasteiger partial charge in [-0.2, -0.15) is 4.39 Å². The lowest BCUT2D eigenvalue weighted by Crippen LogP contribution is -2.09. The third-order valence-electron chi connectivity index (χ3n) is 1.08. The summed E-state index contributed by atoms with van der Waals surface area (Å²) in [5.74, 6) is -0.513. The van der Waals surface area contributed by atoms with Gasteiger partial charge in [-0.3, -0.25) is 0 Å². The van der Waals surface area contributed by atoms with Gasteiger partial charge in [0.05, 0.1) is 18.6 Å². The zero-order chi connectivity index (χ0) is 7.56. The zero-order valence-electron chi connectivity index (χ0n) is 5.66. The Labute approximate surface area is 58.1 Å². The molecular weight excluding hydrogens is 135 g/mol. The smallest absolute Gasteiger partial charge is 0.230 e. The first-order valence-corrected chi connectivity index (χ1v) is 3.04. The molecule has 0 fully saturated rings. The lowest BCUT2D eigenvalue weighted by Gasteiger charge is -2.02. The molecule has 0 aliphatic heterocycles. The minimum absolute atomic E-state index is 0.386. The zero-order valence-corrected chi connectivity index (χ0v) is 5.66. The number of imidazole rings is 1. The van der Waals surface area contributed by atoms with Crippen molar-refractivity contribution in [3.63, 3.8) is 0 Å². The molecule has 0 bridgehead atoms. The number of hydrogen-bond acceptors (Lipinski definition) is 2. The summed E-state index contributed by atoms with van der Waals surface area (Å²) in [6, 6.07) is 0. The molecular formula is C6H9FN2O. The quantitative estimate of drug-likeness (QED) is 0.652. The Morgan fingerprint density at radius 2 is 2.60 bits per heavy atom. The van der Waals surface area contributed by atoms with Gasteiger partial charge in [0.2, 0.25) is 5.95 Å². The van der Waals surface area contributed by atoms with Gasteiger partial charge in [0.25, 0.3) is 0 Å². The van der Waals surface area contributed by atoms with Crippen LogP contribution in [0, 0.1) is 5.95 Å². The van der Waals surface area contributed by atoms with Crippen molar-refractivity contribution in [3.8, 4) is 0 Å². The number of nitrogens with zero attached hydrogens (tertiary/aromatic N) is 2. The molecule has 0 saturated heterocycles. The van der Waals surface area contributed by atoms with E-state index >= 15 is 0 Å². The average molecular weight is 144 g/mol. The van der Waals surface area contributed by atoms with Crippen LogP contribution in [0.3, 0.4) is 0 Å². The van der Waals surface area contributed by atoms with Crippen molar-refractivity contribution in [2.45, 2.75) is 19.6 Å². The summed E-state index contributed by atoms with van der Waals surface area (Å²) in [5, 5.41) is 8.84. The molecule has 0 amide bonds. The molecule has 0 aliphatic rings. The van der Waals surface area contributed by atoms with E-state index in [1.165, 1.54) is 17.1 Å². The van der Waals surface area contributed by atoms with E-state index in [2.05, 4.69) is 4.98 Å². The molecule has 4 heteroatoms. The Hall–Kier alpha value is -0.900. The van der Waals surface area contributed by atoms with E-state index < -0.39 is 12.1 Å². The van der Waals surface area contributed by atoms with Gasteiger partial charge in [-0.25, -0.2) is 4.98 Å². The van der Waals surface area contributed by atoms with Gasteiger partial charge in [-0.05, 0) is 6.92 Å². The second-order valence-electron chi connectivity index (χ2n) is 2.24. The first kappa shape index (κ1) is 7.21. The summed E-state index contributed by atoms with van der Waals surface area (Å²) in [5.41, 5.74) is 0. The number of rotatable bonds is 2. The van der Waals surface area contributed by atoms with Crippen LogP contribution in [-0.2, 0) is 6.54 Å². The van der Waals surface area contributed by atoms with Gasteiger partial charge in [0.1, 0.15) is 0 Å². The summed E-state index contributed by atoms with van der Waals surface area (Å²) < 4.78 is 13.7. The Kier molecular flexibility index (Phi) is 2.01. The minimum Gasteiger partial charge on any atom is -0.392 e. The Balaban J connectivity index is 2.58. The third-order valence-corrected chi connectivity index (χ3v) is 1.08. The van der Waals surface area contributed by atoms with Crippen LogP contribution >= 0.6 is 0 Å². The maximum Gasteiger partial charge on any atom is 0.230 e. The molecule has 1 atom stereocenters. The molecule has 56 valence electrons. The lowest BCUT2D eigenvalue weighted by atomic mass is 10.4. The highest BCUT2D eigenvalue weighted by molar-refractivity contribution is 4.78. The van der Waals surface area contributed by atoms with E-state index in [-0.39, 0.29) is 0 Å². The van der Waals surface area contributed by atoms with Crippen LogP contribution in [-0.4, -0.2) is 20.8 Å². The van der Waals surface area contributed by atoms with Crippen molar-refractivity contribution in [1.29, 1.82) is 0 Å². The molecule has 1 rings (SSSR count). The molecule has 1 unspecified atom stereocenters. The second kappa shape index (κ2) is 2.79. The molecule has 10 heavy (non-hydrogen) atoms. The summed E-state index contributed by atoms with van der Waals surface area (Å²) in [4.78, 5) is 3.35. The predicted molar refractivity (Wildman–Crippen MR) is 33.9 cm³/mol. The monoisotopic (exact) mass is 144 g/mol. The number of aromatic nitrogens is 2. The Bertz CT molecular complexity index is 209. The predicted octanol–water partition coefficient (Wildman–Crippen LogP) is 0.403.